The zero-order valence-corrected chi connectivity index (χ0v) is 42.4. The number of esters is 3. The lowest BCUT2D eigenvalue weighted by Gasteiger charge is -2.18. The van der Waals surface area contributed by atoms with Crippen molar-refractivity contribution >= 4 is 17.9 Å². The molecule has 0 amide bonds. The Kier molecular flexibility index (Phi) is 50.8. The molecule has 0 heterocycles. The standard InChI is InChI=1S/C57H106O6/c1-4-7-10-13-16-19-22-25-28-31-34-37-40-43-46-49-55(58)61-52-54(63-57(60)51-48-45-42-39-36-33-30-27-24-21-18-15-12-9-6-3)53-62-56(59)50-47-44-41-38-35-32-29-26-23-20-17-14-11-8-5-2/h19,21-22,24,54H,4-18,20,23,25-53H2,1-3H3. The first kappa shape index (κ1) is 60.9. The molecule has 0 aromatic carbocycles. The maximum Gasteiger partial charge on any atom is 0.306 e. The number of carbonyl (C=O) groups excluding carboxylic acids is 3. The van der Waals surface area contributed by atoms with Gasteiger partial charge < -0.3 is 14.2 Å². The molecule has 0 aliphatic heterocycles. The van der Waals surface area contributed by atoms with E-state index in [1.807, 2.05) is 0 Å². The minimum atomic E-state index is -0.771. The van der Waals surface area contributed by atoms with E-state index >= 15 is 0 Å². The van der Waals surface area contributed by atoms with E-state index in [2.05, 4.69) is 45.1 Å². The molecule has 0 bridgehead atoms. The fraction of sp³-hybridized carbons (Fsp3) is 0.877. The molecule has 0 radical (unpaired) electrons. The van der Waals surface area contributed by atoms with Crippen molar-refractivity contribution in [2.45, 2.75) is 309 Å². The van der Waals surface area contributed by atoms with Crippen molar-refractivity contribution in [1.82, 2.24) is 0 Å². The highest BCUT2D eigenvalue weighted by molar-refractivity contribution is 5.71. The van der Waals surface area contributed by atoms with Gasteiger partial charge in [0.25, 0.3) is 0 Å². The van der Waals surface area contributed by atoms with Crippen LogP contribution in [0.1, 0.15) is 303 Å². The largest absolute Gasteiger partial charge is 0.462 e. The van der Waals surface area contributed by atoms with Gasteiger partial charge in [-0.2, -0.15) is 0 Å². The van der Waals surface area contributed by atoms with Crippen LogP contribution in [-0.4, -0.2) is 37.2 Å². The van der Waals surface area contributed by atoms with Gasteiger partial charge in [0.2, 0.25) is 0 Å². The van der Waals surface area contributed by atoms with E-state index in [0.29, 0.717) is 19.3 Å². The van der Waals surface area contributed by atoms with Crippen LogP contribution < -0.4 is 0 Å². The second kappa shape index (κ2) is 52.5. The summed E-state index contributed by atoms with van der Waals surface area (Å²) in [6, 6.07) is 0. The summed E-state index contributed by atoms with van der Waals surface area (Å²) in [5.74, 6) is -0.862. The highest BCUT2D eigenvalue weighted by atomic mass is 16.6. The molecule has 0 rings (SSSR count). The van der Waals surface area contributed by atoms with Gasteiger partial charge in [-0.3, -0.25) is 14.4 Å². The zero-order valence-electron chi connectivity index (χ0n) is 42.4. The van der Waals surface area contributed by atoms with Crippen molar-refractivity contribution in [3.63, 3.8) is 0 Å². The van der Waals surface area contributed by atoms with Crippen molar-refractivity contribution in [1.29, 1.82) is 0 Å². The zero-order chi connectivity index (χ0) is 45.8. The number of hydrogen-bond donors (Lipinski definition) is 0. The number of ether oxygens (including phenoxy) is 3. The van der Waals surface area contributed by atoms with Crippen LogP contribution in [-0.2, 0) is 28.6 Å². The van der Waals surface area contributed by atoms with Crippen LogP contribution in [0.2, 0.25) is 0 Å². The predicted molar refractivity (Wildman–Crippen MR) is 270 cm³/mol. The first-order chi connectivity index (χ1) is 31.0. The first-order valence-corrected chi connectivity index (χ1v) is 27.8. The molecule has 0 N–H and O–H groups in total. The van der Waals surface area contributed by atoms with Crippen molar-refractivity contribution in [3.8, 4) is 0 Å². The van der Waals surface area contributed by atoms with Gasteiger partial charge in [-0.1, -0.05) is 238 Å². The summed E-state index contributed by atoms with van der Waals surface area (Å²) in [5.41, 5.74) is 0. The van der Waals surface area contributed by atoms with Gasteiger partial charge >= 0.3 is 17.9 Å². The molecule has 6 nitrogen and oxygen atoms in total. The molecule has 1 atom stereocenters. The minimum absolute atomic E-state index is 0.0701. The third kappa shape index (κ3) is 50.7. The number of carbonyl (C=O) groups is 3. The lowest BCUT2D eigenvalue weighted by molar-refractivity contribution is -0.167. The van der Waals surface area contributed by atoms with E-state index < -0.39 is 6.10 Å². The lowest BCUT2D eigenvalue weighted by Crippen LogP contribution is -2.30. The Hall–Kier alpha value is -2.11. The SMILES string of the molecule is CCCCCCC=CCCCCCCCCCC(=O)OCC(COC(=O)CCCCCCCCCCCCCCCCC)OC(=O)CCCCCCCCCC=CCCCCCC. The van der Waals surface area contributed by atoms with Gasteiger partial charge in [0.1, 0.15) is 13.2 Å². The molecule has 0 fully saturated rings. The van der Waals surface area contributed by atoms with E-state index in [-0.39, 0.29) is 31.1 Å². The summed E-state index contributed by atoms with van der Waals surface area (Å²) in [6.07, 6.45) is 60.1. The van der Waals surface area contributed by atoms with Crippen molar-refractivity contribution < 1.29 is 28.6 Å². The van der Waals surface area contributed by atoms with Gasteiger partial charge in [-0.15, -0.1) is 0 Å². The summed E-state index contributed by atoms with van der Waals surface area (Å²) in [4.78, 5) is 38.1. The van der Waals surface area contributed by atoms with Crippen LogP contribution in [0.3, 0.4) is 0 Å². The van der Waals surface area contributed by atoms with Gasteiger partial charge in [-0.25, -0.2) is 0 Å². The van der Waals surface area contributed by atoms with E-state index in [9.17, 15) is 14.4 Å². The van der Waals surface area contributed by atoms with E-state index in [4.69, 9.17) is 14.2 Å². The van der Waals surface area contributed by atoms with Crippen LogP contribution in [0.4, 0.5) is 0 Å². The Balaban J connectivity index is 4.35. The molecule has 370 valence electrons. The number of unbranched alkanes of at least 4 members (excludes halogenated alkanes) is 36. The second-order valence-electron chi connectivity index (χ2n) is 18.8. The average Bonchev–Trinajstić information content (AvgIpc) is 3.28. The molecule has 0 aliphatic carbocycles. The number of allylic oxidation sites excluding steroid dienone is 4. The topological polar surface area (TPSA) is 78.9 Å². The van der Waals surface area contributed by atoms with E-state index in [1.165, 1.54) is 205 Å². The smallest absolute Gasteiger partial charge is 0.306 e. The van der Waals surface area contributed by atoms with Crippen LogP contribution in [0, 0.1) is 0 Å². The molecule has 0 aromatic rings. The third-order valence-corrected chi connectivity index (χ3v) is 12.4. The fourth-order valence-corrected chi connectivity index (χ4v) is 8.20. The van der Waals surface area contributed by atoms with Crippen LogP contribution in [0.25, 0.3) is 0 Å². The summed E-state index contributed by atoms with van der Waals surface area (Å²) >= 11 is 0. The van der Waals surface area contributed by atoms with Crippen LogP contribution >= 0.6 is 0 Å². The van der Waals surface area contributed by atoms with E-state index in [1.54, 1.807) is 0 Å². The third-order valence-electron chi connectivity index (χ3n) is 12.4. The second-order valence-corrected chi connectivity index (χ2v) is 18.8. The normalized spacial score (nSPS) is 12.1. The predicted octanol–water partition coefficient (Wildman–Crippen LogP) is 18.3. The highest BCUT2D eigenvalue weighted by Crippen LogP contribution is 2.16. The van der Waals surface area contributed by atoms with Gasteiger partial charge in [0.15, 0.2) is 6.10 Å². The molecule has 1 unspecified atom stereocenters. The first-order valence-electron chi connectivity index (χ1n) is 27.8. The molecule has 63 heavy (non-hydrogen) atoms. The summed E-state index contributed by atoms with van der Waals surface area (Å²) in [5, 5.41) is 0. The molecule has 0 aliphatic rings. The highest BCUT2D eigenvalue weighted by Gasteiger charge is 2.19. The molecule has 0 saturated carbocycles. The van der Waals surface area contributed by atoms with Crippen molar-refractivity contribution in [3.05, 3.63) is 24.3 Å². The number of rotatable bonds is 51. The lowest BCUT2D eigenvalue weighted by atomic mass is 10.0. The maximum atomic E-state index is 12.8. The minimum Gasteiger partial charge on any atom is -0.462 e. The Labute approximate surface area is 392 Å². The number of hydrogen-bond acceptors (Lipinski definition) is 6. The van der Waals surface area contributed by atoms with Gasteiger partial charge in [0, 0.05) is 19.3 Å². The molecular weight excluding hydrogens is 781 g/mol. The summed E-state index contributed by atoms with van der Waals surface area (Å²) in [7, 11) is 0. The maximum absolute atomic E-state index is 12.8. The summed E-state index contributed by atoms with van der Waals surface area (Å²) < 4.78 is 16.9. The fourth-order valence-electron chi connectivity index (χ4n) is 8.20. The Morgan fingerprint density at radius 3 is 0.810 bits per heavy atom. The molecular formula is C57H106O6. The van der Waals surface area contributed by atoms with Crippen molar-refractivity contribution in [2.24, 2.45) is 0 Å². The molecule has 0 aromatic heterocycles. The Bertz CT molecular complexity index is 1020. The average molecular weight is 887 g/mol. The monoisotopic (exact) mass is 887 g/mol. The van der Waals surface area contributed by atoms with Crippen LogP contribution in [0.15, 0.2) is 24.3 Å². The Morgan fingerprint density at radius 2 is 0.524 bits per heavy atom. The summed E-state index contributed by atoms with van der Waals surface area (Å²) in [6.45, 7) is 6.65. The van der Waals surface area contributed by atoms with Gasteiger partial charge in [0.05, 0.1) is 0 Å². The quantitative estimate of drug-likeness (QED) is 0.0262. The van der Waals surface area contributed by atoms with Gasteiger partial charge in [-0.05, 0) is 70.6 Å². The van der Waals surface area contributed by atoms with E-state index in [0.717, 1.165) is 57.8 Å². The van der Waals surface area contributed by atoms with Crippen molar-refractivity contribution in [2.75, 3.05) is 13.2 Å². The van der Waals surface area contributed by atoms with Crippen LogP contribution in [0.5, 0.6) is 0 Å². The molecule has 6 heteroatoms. The molecule has 0 spiro atoms. The Morgan fingerprint density at radius 1 is 0.302 bits per heavy atom. The molecule has 0 saturated heterocycles.